The summed E-state index contributed by atoms with van der Waals surface area (Å²) in [6.07, 6.45) is 2.93. The molecule has 0 aliphatic carbocycles. The smallest absolute Gasteiger partial charge is 0.256 e. The Balaban J connectivity index is 1.71. The molecule has 0 saturated carbocycles. The van der Waals surface area contributed by atoms with Crippen molar-refractivity contribution in [3.8, 4) is 0 Å². The van der Waals surface area contributed by atoms with Gasteiger partial charge < -0.3 is 9.47 Å². The van der Waals surface area contributed by atoms with Crippen LogP contribution >= 0.6 is 11.3 Å². The van der Waals surface area contributed by atoms with E-state index < -0.39 is 0 Å². The van der Waals surface area contributed by atoms with Crippen molar-refractivity contribution in [3.63, 3.8) is 0 Å². The Morgan fingerprint density at radius 3 is 3.00 bits per heavy atom. The topological polar surface area (TPSA) is 25.2 Å². The van der Waals surface area contributed by atoms with Crippen molar-refractivity contribution in [1.82, 2.24) is 9.47 Å². The van der Waals surface area contributed by atoms with Gasteiger partial charge in [0.05, 0.1) is 5.56 Å². The second kappa shape index (κ2) is 4.74. The molecule has 4 rings (SSSR count). The zero-order valence-electron chi connectivity index (χ0n) is 11.9. The predicted molar refractivity (Wildman–Crippen MR) is 85.7 cm³/mol. The van der Waals surface area contributed by atoms with E-state index in [0.717, 1.165) is 36.0 Å². The van der Waals surface area contributed by atoms with E-state index in [4.69, 9.17) is 0 Å². The van der Waals surface area contributed by atoms with E-state index in [2.05, 4.69) is 17.5 Å². The third-order valence-corrected chi connectivity index (χ3v) is 5.25. The molecular formula is C17H16N2OS. The van der Waals surface area contributed by atoms with Crippen LogP contribution in [0.15, 0.2) is 41.9 Å². The van der Waals surface area contributed by atoms with Gasteiger partial charge in [-0.15, -0.1) is 11.3 Å². The van der Waals surface area contributed by atoms with Crippen molar-refractivity contribution in [3.05, 3.63) is 57.9 Å². The lowest BCUT2D eigenvalue weighted by Gasteiger charge is -2.26. The van der Waals surface area contributed by atoms with Gasteiger partial charge in [-0.2, -0.15) is 0 Å². The molecule has 1 aliphatic heterocycles. The third kappa shape index (κ3) is 1.98. The summed E-state index contributed by atoms with van der Waals surface area (Å²) >= 11 is 1.80. The Morgan fingerprint density at radius 2 is 2.10 bits per heavy atom. The summed E-state index contributed by atoms with van der Waals surface area (Å²) in [6, 6.07) is 10.2. The van der Waals surface area contributed by atoms with Gasteiger partial charge in [0.25, 0.3) is 5.91 Å². The maximum atomic E-state index is 12.9. The Bertz CT molecular complexity index is 830. The molecule has 1 aromatic carbocycles. The van der Waals surface area contributed by atoms with Crippen molar-refractivity contribution in [2.45, 2.75) is 13.0 Å². The first kappa shape index (κ1) is 12.7. The summed E-state index contributed by atoms with van der Waals surface area (Å²) in [5, 5.41) is 3.16. The van der Waals surface area contributed by atoms with Crippen LogP contribution in [0.2, 0.25) is 0 Å². The van der Waals surface area contributed by atoms with Gasteiger partial charge in [0.1, 0.15) is 0 Å². The van der Waals surface area contributed by atoms with Gasteiger partial charge in [-0.1, -0.05) is 18.2 Å². The lowest BCUT2D eigenvalue weighted by molar-refractivity contribution is 0.0737. The van der Waals surface area contributed by atoms with Crippen molar-refractivity contribution >= 4 is 28.1 Å². The minimum atomic E-state index is 0.142. The van der Waals surface area contributed by atoms with Crippen molar-refractivity contribution in [2.24, 2.45) is 7.05 Å². The first-order valence-electron chi connectivity index (χ1n) is 7.12. The largest absolute Gasteiger partial charge is 0.350 e. The van der Waals surface area contributed by atoms with Gasteiger partial charge in [0.15, 0.2) is 0 Å². The van der Waals surface area contributed by atoms with Gasteiger partial charge in [-0.25, -0.2) is 0 Å². The molecule has 0 bridgehead atoms. The molecule has 3 aromatic rings. The Labute approximate surface area is 127 Å². The molecule has 106 valence electrons. The van der Waals surface area contributed by atoms with Gasteiger partial charge in [0, 0.05) is 42.1 Å². The van der Waals surface area contributed by atoms with E-state index in [9.17, 15) is 4.79 Å². The van der Waals surface area contributed by atoms with E-state index in [1.807, 2.05) is 40.9 Å². The molecule has 0 N–H and O–H groups in total. The van der Waals surface area contributed by atoms with Crippen LogP contribution in [0.5, 0.6) is 0 Å². The molecule has 2 aromatic heterocycles. The number of fused-ring (bicyclic) bond motifs is 2. The highest BCUT2D eigenvalue weighted by atomic mass is 32.1. The number of hydrogen-bond donors (Lipinski definition) is 0. The average Bonchev–Trinajstić information content (AvgIpc) is 3.11. The Kier molecular flexibility index (Phi) is 2.86. The number of aryl methyl sites for hydroxylation is 1. The van der Waals surface area contributed by atoms with E-state index in [1.54, 1.807) is 11.3 Å². The number of hydrogen-bond acceptors (Lipinski definition) is 2. The Morgan fingerprint density at radius 1 is 1.24 bits per heavy atom. The first-order valence-corrected chi connectivity index (χ1v) is 8.00. The molecule has 1 aliphatic rings. The van der Waals surface area contributed by atoms with Gasteiger partial charge in [-0.05, 0) is 29.5 Å². The van der Waals surface area contributed by atoms with Crippen LogP contribution in [0.4, 0.5) is 0 Å². The van der Waals surface area contributed by atoms with E-state index in [0.29, 0.717) is 0 Å². The quantitative estimate of drug-likeness (QED) is 0.675. The van der Waals surface area contributed by atoms with Crippen LogP contribution in [0.3, 0.4) is 0 Å². The van der Waals surface area contributed by atoms with Crippen LogP contribution in [-0.4, -0.2) is 21.9 Å². The van der Waals surface area contributed by atoms with Crippen LogP contribution < -0.4 is 0 Å². The molecule has 0 unspecified atom stereocenters. The van der Waals surface area contributed by atoms with E-state index in [1.165, 1.54) is 10.4 Å². The fourth-order valence-corrected chi connectivity index (χ4v) is 3.99. The zero-order valence-corrected chi connectivity index (χ0v) is 12.7. The maximum Gasteiger partial charge on any atom is 0.256 e. The highest BCUT2D eigenvalue weighted by Gasteiger charge is 2.24. The normalized spacial score (nSPS) is 14.4. The number of benzene rings is 1. The lowest BCUT2D eigenvalue weighted by Crippen LogP contribution is -2.35. The molecule has 1 amide bonds. The third-order valence-electron chi connectivity index (χ3n) is 4.22. The highest BCUT2D eigenvalue weighted by Crippen LogP contribution is 2.27. The maximum absolute atomic E-state index is 12.9. The number of rotatable bonds is 1. The number of carbonyl (C=O) groups is 1. The van der Waals surface area contributed by atoms with E-state index in [-0.39, 0.29) is 5.91 Å². The minimum absolute atomic E-state index is 0.142. The molecule has 3 nitrogen and oxygen atoms in total. The van der Waals surface area contributed by atoms with Crippen LogP contribution in [0.25, 0.3) is 10.9 Å². The standard InChI is InChI=1S/C17H16N2OS/c1-18-11-14(13-4-2-3-5-15(13)18)17(20)19-8-6-16-12(10-19)7-9-21-16/h2-5,7,9,11H,6,8,10H2,1H3. The first-order chi connectivity index (χ1) is 10.2. The van der Waals surface area contributed by atoms with E-state index >= 15 is 0 Å². The molecule has 21 heavy (non-hydrogen) atoms. The number of nitrogens with zero attached hydrogens (tertiary/aromatic N) is 2. The van der Waals surface area contributed by atoms with Gasteiger partial charge in [-0.3, -0.25) is 4.79 Å². The lowest BCUT2D eigenvalue weighted by atomic mass is 10.1. The Hall–Kier alpha value is -2.07. The minimum Gasteiger partial charge on any atom is -0.350 e. The van der Waals surface area contributed by atoms with Gasteiger partial charge >= 0.3 is 0 Å². The number of amides is 1. The fraction of sp³-hybridized carbons (Fsp3) is 0.235. The van der Waals surface area contributed by atoms with Crippen molar-refractivity contribution in [2.75, 3.05) is 6.54 Å². The number of aromatic nitrogens is 1. The summed E-state index contributed by atoms with van der Waals surface area (Å²) in [5.41, 5.74) is 3.22. The highest BCUT2D eigenvalue weighted by molar-refractivity contribution is 7.10. The molecule has 0 spiro atoms. The number of carbonyl (C=O) groups excluding carboxylic acids is 1. The monoisotopic (exact) mass is 296 g/mol. The van der Waals surface area contributed by atoms with Crippen molar-refractivity contribution < 1.29 is 4.79 Å². The molecular weight excluding hydrogens is 280 g/mol. The van der Waals surface area contributed by atoms with Crippen LogP contribution in [0.1, 0.15) is 20.8 Å². The molecule has 0 radical (unpaired) electrons. The summed E-state index contributed by atoms with van der Waals surface area (Å²) in [6.45, 7) is 1.55. The predicted octanol–water partition coefficient (Wildman–Crippen LogP) is 3.44. The molecule has 4 heteroatoms. The number of thiophene rings is 1. The molecule has 0 atom stereocenters. The molecule has 3 heterocycles. The summed E-state index contributed by atoms with van der Waals surface area (Å²) < 4.78 is 2.03. The van der Waals surface area contributed by atoms with Crippen molar-refractivity contribution in [1.29, 1.82) is 0 Å². The summed E-state index contributed by atoms with van der Waals surface area (Å²) in [4.78, 5) is 16.3. The fourth-order valence-electron chi connectivity index (χ4n) is 3.10. The molecule has 0 fully saturated rings. The SMILES string of the molecule is Cn1cc(C(=O)N2CCc3sccc3C2)c2ccccc21. The van der Waals surface area contributed by atoms with Gasteiger partial charge in [0.2, 0.25) is 0 Å². The molecule has 0 saturated heterocycles. The van der Waals surface area contributed by atoms with Crippen LogP contribution in [-0.2, 0) is 20.0 Å². The number of para-hydroxylation sites is 1. The summed E-state index contributed by atoms with van der Waals surface area (Å²) in [5.74, 6) is 0.142. The zero-order chi connectivity index (χ0) is 14.4. The second-order valence-corrected chi connectivity index (χ2v) is 6.52. The van der Waals surface area contributed by atoms with Crippen LogP contribution in [0, 0.1) is 0 Å². The average molecular weight is 296 g/mol. The summed E-state index contributed by atoms with van der Waals surface area (Å²) in [7, 11) is 1.99. The second-order valence-electron chi connectivity index (χ2n) is 5.52.